The van der Waals surface area contributed by atoms with Crippen molar-refractivity contribution in [3.05, 3.63) is 65.7 Å². The topological polar surface area (TPSA) is 84.7 Å². The van der Waals surface area contributed by atoms with Gasteiger partial charge in [0.2, 0.25) is 0 Å². The molecule has 0 amide bonds. The lowest BCUT2D eigenvalue weighted by Crippen LogP contribution is -2.42. The van der Waals surface area contributed by atoms with Gasteiger partial charge in [-0.05, 0) is 74.4 Å². The standard InChI is InChI=1S/C23H32N2O.H3NO.H2/c1-2-26-19-23(13-12-20-6-4-3-5-7-20)14-16-25(17-15-23)18-21-8-10-22(24)11-9-21;1-2;/h3-11H,2,12-19,24H2,1H3;2H,1H2;1H. The van der Waals surface area contributed by atoms with Crippen LogP contribution in [0, 0.1) is 5.41 Å². The summed E-state index contributed by atoms with van der Waals surface area (Å²) in [7, 11) is 0. The lowest BCUT2D eigenvalue weighted by Gasteiger charge is -2.42. The van der Waals surface area contributed by atoms with Crippen LogP contribution in [0.4, 0.5) is 5.69 Å². The van der Waals surface area contributed by atoms with Crippen molar-refractivity contribution in [3.63, 3.8) is 0 Å². The Morgan fingerprint density at radius 2 is 1.64 bits per heavy atom. The van der Waals surface area contributed by atoms with Crippen LogP contribution in [0.25, 0.3) is 0 Å². The summed E-state index contributed by atoms with van der Waals surface area (Å²) in [5.74, 6) is 3.50. The van der Waals surface area contributed by atoms with Gasteiger partial charge in [0.15, 0.2) is 0 Å². The molecule has 0 spiro atoms. The predicted octanol–water partition coefficient (Wildman–Crippen LogP) is 4.10. The highest BCUT2D eigenvalue weighted by Gasteiger charge is 2.34. The maximum Gasteiger partial charge on any atom is 0.0523 e. The summed E-state index contributed by atoms with van der Waals surface area (Å²) in [4.78, 5) is 2.57. The Labute approximate surface area is 170 Å². The first-order valence-corrected chi connectivity index (χ1v) is 10.1. The summed E-state index contributed by atoms with van der Waals surface area (Å²) >= 11 is 0. The Balaban J connectivity index is 0.00000136. The normalized spacial score (nSPS) is 16.2. The number of benzene rings is 2. The molecular formula is C23H37N3O2. The van der Waals surface area contributed by atoms with E-state index in [2.05, 4.69) is 60.2 Å². The maximum atomic E-state index is 6.50. The average Bonchev–Trinajstić information content (AvgIpc) is 2.76. The minimum absolute atomic E-state index is 0. The van der Waals surface area contributed by atoms with Crippen molar-refractivity contribution < 1.29 is 11.4 Å². The molecule has 5 N–H and O–H groups in total. The van der Waals surface area contributed by atoms with Crippen LogP contribution in [-0.4, -0.2) is 36.4 Å². The van der Waals surface area contributed by atoms with Crippen molar-refractivity contribution in [1.82, 2.24) is 4.90 Å². The molecule has 1 fully saturated rings. The maximum absolute atomic E-state index is 6.50. The molecule has 0 atom stereocenters. The van der Waals surface area contributed by atoms with Gasteiger partial charge in [-0.25, -0.2) is 5.90 Å². The van der Waals surface area contributed by atoms with Gasteiger partial charge < -0.3 is 15.7 Å². The zero-order valence-corrected chi connectivity index (χ0v) is 17.0. The van der Waals surface area contributed by atoms with Crippen LogP contribution < -0.4 is 11.6 Å². The van der Waals surface area contributed by atoms with E-state index in [0.29, 0.717) is 5.41 Å². The summed E-state index contributed by atoms with van der Waals surface area (Å²) in [5, 5.41) is 6.50. The minimum Gasteiger partial charge on any atom is -0.399 e. The third-order valence-electron chi connectivity index (χ3n) is 5.70. The molecule has 0 aromatic heterocycles. The highest BCUT2D eigenvalue weighted by molar-refractivity contribution is 5.39. The monoisotopic (exact) mass is 387 g/mol. The Morgan fingerprint density at radius 1 is 1.00 bits per heavy atom. The summed E-state index contributed by atoms with van der Waals surface area (Å²) in [6.45, 7) is 7.11. The zero-order chi connectivity index (χ0) is 20.2. The second-order valence-corrected chi connectivity index (χ2v) is 7.64. The number of hydrogen-bond donors (Lipinski definition) is 3. The first kappa shape index (κ1) is 22.4. The Bertz CT molecular complexity index is 660. The molecule has 2 aromatic carbocycles. The molecule has 2 aromatic rings. The summed E-state index contributed by atoms with van der Waals surface area (Å²) in [6, 6.07) is 19.1. The molecule has 0 aliphatic carbocycles. The van der Waals surface area contributed by atoms with Crippen molar-refractivity contribution in [2.45, 2.75) is 39.2 Å². The van der Waals surface area contributed by atoms with E-state index in [4.69, 9.17) is 15.7 Å². The van der Waals surface area contributed by atoms with Gasteiger partial charge in [-0.1, -0.05) is 42.5 Å². The fourth-order valence-electron chi connectivity index (χ4n) is 3.91. The number of hydrogen-bond acceptors (Lipinski definition) is 5. The molecule has 156 valence electrons. The summed E-state index contributed by atoms with van der Waals surface area (Å²) in [6.07, 6.45) is 4.79. The molecule has 5 nitrogen and oxygen atoms in total. The van der Waals surface area contributed by atoms with Gasteiger partial charge >= 0.3 is 0 Å². The molecule has 28 heavy (non-hydrogen) atoms. The highest BCUT2D eigenvalue weighted by atomic mass is 16.5. The molecule has 0 unspecified atom stereocenters. The highest BCUT2D eigenvalue weighted by Crippen LogP contribution is 2.37. The Morgan fingerprint density at radius 3 is 2.25 bits per heavy atom. The van der Waals surface area contributed by atoms with E-state index in [1.165, 1.54) is 30.4 Å². The molecule has 1 aliphatic heterocycles. The van der Waals surface area contributed by atoms with E-state index >= 15 is 0 Å². The Hall–Kier alpha value is -1.92. The molecule has 0 radical (unpaired) electrons. The average molecular weight is 388 g/mol. The fraction of sp³-hybridized carbons (Fsp3) is 0.478. The SMILES string of the molecule is CCOCC1(CCc2ccccc2)CCN(Cc2ccc(N)cc2)CC1.NO.[HH]. The van der Waals surface area contributed by atoms with E-state index in [1.807, 2.05) is 12.1 Å². The van der Waals surface area contributed by atoms with Crippen LogP contribution in [0.15, 0.2) is 54.6 Å². The largest absolute Gasteiger partial charge is 0.399 e. The predicted molar refractivity (Wildman–Crippen MR) is 117 cm³/mol. The number of likely N-dealkylation sites (tertiary alicyclic amines) is 1. The number of ether oxygens (including phenoxy) is 1. The van der Waals surface area contributed by atoms with Gasteiger partial charge in [0, 0.05) is 20.3 Å². The van der Waals surface area contributed by atoms with E-state index in [1.54, 1.807) is 0 Å². The van der Waals surface area contributed by atoms with Crippen LogP contribution in [-0.2, 0) is 17.7 Å². The first-order chi connectivity index (χ1) is 13.7. The lowest BCUT2D eigenvalue weighted by molar-refractivity contribution is -0.00232. The minimum atomic E-state index is 0. The molecule has 0 bridgehead atoms. The van der Waals surface area contributed by atoms with E-state index in [9.17, 15) is 0 Å². The first-order valence-electron chi connectivity index (χ1n) is 10.1. The van der Waals surface area contributed by atoms with Gasteiger partial charge in [-0.2, -0.15) is 0 Å². The zero-order valence-electron chi connectivity index (χ0n) is 17.0. The van der Waals surface area contributed by atoms with E-state index in [0.717, 1.165) is 45.0 Å². The number of nitrogens with zero attached hydrogens (tertiary/aromatic N) is 1. The van der Waals surface area contributed by atoms with Gasteiger partial charge in [-0.15, -0.1) is 0 Å². The summed E-state index contributed by atoms with van der Waals surface area (Å²) < 4.78 is 5.90. The molecule has 1 saturated heterocycles. The molecule has 0 saturated carbocycles. The number of nitrogen functional groups attached to an aromatic ring is 1. The third kappa shape index (κ3) is 6.91. The number of rotatable bonds is 8. The quantitative estimate of drug-likeness (QED) is 0.469. The van der Waals surface area contributed by atoms with E-state index in [-0.39, 0.29) is 1.43 Å². The van der Waals surface area contributed by atoms with Crippen molar-refractivity contribution in [1.29, 1.82) is 0 Å². The Kier molecular flexibility index (Phi) is 9.44. The third-order valence-corrected chi connectivity index (χ3v) is 5.70. The van der Waals surface area contributed by atoms with Crippen molar-refractivity contribution in [3.8, 4) is 0 Å². The second kappa shape index (κ2) is 11.8. The molecule has 1 aliphatic rings. The van der Waals surface area contributed by atoms with Crippen LogP contribution in [0.5, 0.6) is 0 Å². The van der Waals surface area contributed by atoms with Crippen LogP contribution in [0.1, 0.15) is 38.7 Å². The number of nitrogens with two attached hydrogens (primary N) is 2. The lowest BCUT2D eigenvalue weighted by atomic mass is 9.74. The fourth-order valence-corrected chi connectivity index (χ4v) is 3.91. The van der Waals surface area contributed by atoms with E-state index < -0.39 is 0 Å². The molecule has 1 heterocycles. The van der Waals surface area contributed by atoms with Crippen molar-refractivity contribution >= 4 is 5.69 Å². The molecule has 5 heteroatoms. The number of anilines is 1. The summed E-state index contributed by atoms with van der Waals surface area (Å²) in [5.41, 5.74) is 9.74. The van der Waals surface area contributed by atoms with Crippen LogP contribution in [0.3, 0.4) is 0 Å². The number of piperidine rings is 1. The number of aryl methyl sites for hydroxylation is 1. The van der Waals surface area contributed by atoms with Gasteiger partial charge in [0.1, 0.15) is 0 Å². The smallest absolute Gasteiger partial charge is 0.0523 e. The van der Waals surface area contributed by atoms with Crippen molar-refractivity contribution in [2.24, 2.45) is 11.3 Å². The van der Waals surface area contributed by atoms with Crippen LogP contribution >= 0.6 is 0 Å². The molecule has 3 rings (SSSR count). The molecular weight excluding hydrogens is 350 g/mol. The van der Waals surface area contributed by atoms with Gasteiger partial charge in [0.05, 0.1) is 6.61 Å². The van der Waals surface area contributed by atoms with Crippen LogP contribution in [0.2, 0.25) is 0 Å². The van der Waals surface area contributed by atoms with Crippen molar-refractivity contribution in [2.75, 3.05) is 32.0 Å². The van der Waals surface area contributed by atoms with Gasteiger partial charge in [-0.3, -0.25) is 4.90 Å². The second-order valence-electron chi connectivity index (χ2n) is 7.64. The van der Waals surface area contributed by atoms with Gasteiger partial charge in [0.25, 0.3) is 0 Å².